The maximum absolute atomic E-state index is 9.77. The van der Waals surface area contributed by atoms with Gasteiger partial charge in [-0.05, 0) is 51.1 Å². The van der Waals surface area contributed by atoms with Crippen LogP contribution < -0.4 is 10.6 Å². The Morgan fingerprint density at radius 3 is 2.75 bits per heavy atom. The normalized spacial score (nSPS) is 24.8. The van der Waals surface area contributed by atoms with Gasteiger partial charge in [0.15, 0.2) is 0 Å². The zero-order chi connectivity index (χ0) is 19.0. The van der Waals surface area contributed by atoms with Crippen molar-refractivity contribution in [3.05, 3.63) is 47.0 Å². The van der Waals surface area contributed by atoms with Crippen molar-refractivity contribution in [1.29, 1.82) is 10.7 Å². The van der Waals surface area contributed by atoms with Crippen molar-refractivity contribution in [2.75, 3.05) is 24.5 Å². The van der Waals surface area contributed by atoms with Crippen LogP contribution in [0.5, 0.6) is 0 Å². The quantitative estimate of drug-likeness (QED) is 0.571. The smallest absolute Gasteiger partial charge is 0.137 e. The van der Waals surface area contributed by atoms with Crippen LogP contribution in [0.1, 0.15) is 26.2 Å². The van der Waals surface area contributed by atoms with E-state index in [1.54, 1.807) is 17.8 Å². The second kappa shape index (κ2) is 8.20. The lowest BCUT2D eigenvalue weighted by molar-refractivity contribution is 0.316. The van der Waals surface area contributed by atoms with Crippen LogP contribution in [0, 0.1) is 22.2 Å². The van der Waals surface area contributed by atoms with Gasteiger partial charge < -0.3 is 15.5 Å². The molecule has 1 fully saturated rings. The third-order valence-corrected chi connectivity index (χ3v) is 6.88. The molecule has 0 aromatic heterocycles. The number of rotatable bonds is 4. The SMILES string of the molecule is CC(CN1CCCC1)N1C2=C(C=CC(C#N)(C(=N)N)C2)Sc2ccccc21.Cl. The van der Waals surface area contributed by atoms with Crippen LogP contribution in [0.25, 0.3) is 0 Å². The molecule has 4 rings (SSSR count). The Morgan fingerprint density at radius 1 is 1.36 bits per heavy atom. The van der Waals surface area contributed by atoms with Gasteiger partial charge in [-0.3, -0.25) is 5.41 Å². The maximum Gasteiger partial charge on any atom is 0.137 e. The number of fused-ring (bicyclic) bond motifs is 1. The first kappa shape index (κ1) is 20.8. The molecular formula is C21H26ClN5S. The van der Waals surface area contributed by atoms with Crippen LogP contribution in [-0.2, 0) is 0 Å². The van der Waals surface area contributed by atoms with Crippen molar-refractivity contribution in [3.63, 3.8) is 0 Å². The lowest BCUT2D eigenvalue weighted by Gasteiger charge is -2.43. The van der Waals surface area contributed by atoms with E-state index >= 15 is 0 Å². The van der Waals surface area contributed by atoms with E-state index in [0.29, 0.717) is 6.42 Å². The fraction of sp³-hybridized carbons (Fsp3) is 0.429. The number of nitrogens with zero attached hydrogens (tertiary/aromatic N) is 3. The van der Waals surface area contributed by atoms with Crippen molar-refractivity contribution in [2.45, 2.75) is 37.1 Å². The van der Waals surface area contributed by atoms with Gasteiger partial charge in [0.05, 0.1) is 11.8 Å². The van der Waals surface area contributed by atoms with Crippen molar-refractivity contribution in [3.8, 4) is 6.07 Å². The molecule has 2 aliphatic heterocycles. The van der Waals surface area contributed by atoms with Crippen LogP contribution in [0.4, 0.5) is 5.69 Å². The largest absolute Gasteiger partial charge is 0.386 e. The van der Waals surface area contributed by atoms with Crippen LogP contribution in [0.2, 0.25) is 0 Å². The Labute approximate surface area is 177 Å². The predicted octanol–water partition coefficient (Wildman–Crippen LogP) is 4.12. The van der Waals surface area contributed by atoms with Crippen LogP contribution in [-0.4, -0.2) is 36.4 Å². The summed E-state index contributed by atoms with van der Waals surface area (Å²) in [5, 5.41) is 17.8. The van der Waals surface area contributed by atoms with Gasteiger partial charge in [0.2, 0.25) is 0 Å². The first-order valence-electron chi connectivity index (χ1n) is 9.51. The number of likely N-dealkylation sites (tertiary alicyclic amines) is 1. The van der Waals surface area contributed by atoms with E-state index in [2.05, 4.69) is 47.1 Å². The Morgan fingerprint density at radius 2 is 2.07 bits per heavy atom. The number of anilines is 1. The van der Waals surface area contributed by atoms with Gasteiger partial charge in [-0.15, -0.1) is 12.4 Å². The maximum atomic E-state index is 9.77. The highest BCUT2D eigenvalue weighted by molar-refractivity contribution is 8.03. The van der Waals surface area contributed by atoms with E-state index in [4.69, 9.17) is 11.1 Å². The van der Waals surface area contributed by atoms with Gasteiger partial charge >= 0.3 is 0 Å². The molecule has 1 aromatic carbocycles. The Balaban J connectivity index is 0.00000225. The summed E-state index contributed by atoms with van der Waals surface area (Å²) in [7, 11) is 0. The summed E-state index contributed by atoms with van der Waals surface area (Å²) >= 11 is 1.74. The van der Waals surface area contributed by atoms with Crippen molar-refractivity contribution in [1.82, 2.24) is 4.90 Å². The molecule has 3 aliphatic rings. The Hall–Kier alpha value is -1.94. The standard InChI is InChI=1S/C21H25N5S.ClH/c1-15(13-25-10-4-5-11-25)26-16-6-2-3-7-18(16)27-19-8-9-21(14-22,20(23)24)12-17(19)26;/h2-3,6-9,15H,4-5,10-13H2,1H3,(H3,23,24);1H. The number of para-hydroxylation sites is 1. The van der Waals surface area contributed by atoms with Crippen LogP contribution in [0.15, 0.2) is 51.9 Å². The Bertz CT molecular complexity index is 868. The number of nitrogens with one attached hydrogen (secondary N) is 1. The van der Waals surface area contributed by atoms with E-state index in [9.17, 15) is 5.26 Å². The molecule has 0 bridgehead atoms. The van der Waals surface area contributed by atoms with Gasteiger partial charge in [0.25, 0.3) is 0 Å². The van der Waals surface area contributed by atoms with E-state index in [1.807, 2.05) is 6.08 Å². The molecule has 148 valence electrons. The molecule has 0 amide bonds. The molecule has 1 aliphatic carbocycles. The number of amidine groups is 1. The molecular weight excluding hydrogens is 390 g/mol. The molecule has 0 saturated carbocycles. The lowest BCUT2D eigenvalue weighted by atomic mass is 9.79. The summed E-state index contributed by atoms with van der Waals surface area (Å²) < 4.78 is 0. The fourth-order valence-electron chi connectivity index (χ4n) is 4.27. The van der Waals surface area contributed by atoms with Crippen molar-refractivity contribution >= 4 is 35.7 Å². The zero-order valence-electron chi connectivity index (χ0n) is 16.0. The molecule has 2 heterocycles. The molecule has 0 radical (unpaired) electrons. The monoisotopic (exact) mass is 415 g/mol. The highest BCUT2D eigenvalue weighted by Crippen LogP contribution is 2.50. The molecule has 2 unspecified atom stereocenters. The first-order chi connectivity index (χ1) is 13.0. The zero-order valence-corrected chi connectivity index (χ0v) is 17.7. The van der Waals surface area contributed by atoms with E-state index < -0.39 is 5.41 Å². The van der Waals surface area contributed by atoms with Crippen molar-refractivity contribution < 1.29 is 0 Å². The highest BCUT2D eigenvalue weighted by Gasteiger charge is 2.41. The summed E-state index contributed by atoms with van der Waals surface area (Å²) in [4.78, 5) is 7.31. The van der Waals surface area contributed by atoms with Gasteiger partial charge in [0.1, 0.15) is 11.3 Å². The summed E-state index contributed by atoms with van der Waals surface area (Å²) in [6, 6.07) is 11.0. The average Bonchev–Trinajstić information content (AvgIpc) is 3.18. The second-order valence-corrected chi connectivity index (χ2v) is 8.70. The number of nitrogens with two attached hydrogens (primary N) is 1. The molecule has 5 nitrogen and oxygen atoms in total. The highest BCUT2D eigenvalue weighted by atomic mass is 35.5. The number of thioether (sulfide) groups is 1. The number of allylic oxidation sites excluding steroid dienone is 2. The van der Waals surface area contributed by atoms with Gasteiger partial charge in [-0.1, -0.05) is 30.0 Å². The van der Waals surface area contributed by atoms with E-state index in [-0.39, 0.29) is 24.3 Å². The number of benzene rings is 1. The van der Waals surface area contributed by atoms with E-state index in [1.165, 1.54) is 23.4 Å². The lowest BCUT2D eigenvalue weighted by Crippen LogP contribution is -2.45. The first-order valence-corrected chi connectivity index (χ1v) is 10.3. The molecule has 1 aromatic rings. The molecule has 0 spiro atoms. The van der Waals surface area contributed by atoms with Crippen molar-refractivity contribution in [2.24, 2.45) is 11.1 Å². The molecule has 3 N–H and O–H groups in total. The summed E-state index contributed by atoms with van der Waals surface area (Å²) in [5.41, 5.74) is 7.10. The van der Waals surface area contributed by atoms with Crippen LogP contribution >= 0.6 is 24.2 Å². The van der Waals surface area contributed by atoms with Gasteiger partial charge in [-0.2, -0.15) is 5.26 Å². The van der Waals surface area contributed by atoms with E-state index in [0.717, 1.165) is 30.2 Å². The minimum absolute atomic E-state index is 0. The fourth-order valence-corrected chi connectivity index (χ4v) is 5.35. The summed E-state index contributed by atoms with van der Waals surface area (Å²) in [6.07, 6.45) is 6.80. The molecule has 1 saturated heterocycles. The third kappa shape index (κ3) is 3.55. The predicted molar refractivity (Wildman–Crippen MR) is 118 cm³/mol. The van der Waals surface area contributed by atoms with Gasteiger partial charge in [0, 0.05) is 34.5 Å². The number of halogens is 1. The second-order valence-electron chi connectivity index (χ2n) is 7.61. The summed E-state index contributed by atoms with van der Waals surface area (Å²) in [6.45, 7) is 5.58. The Kier molecular flexibility index (Phi) is 6.09. The third-order valence-electron chi connectivity index (χ3n) is 5.73. The minimum atomic E-state index is -1.04. The van der Waals surface area contributed by atoms with Gasteiger partial charge in [-0.25, -0.2) is 0 Å². The van der Waals surface area contributed by atoms with Crippen LogP contribution in [0.3, 0.4) is 0 Å². The average molecular weight is 416 g/mol. The molecule has 28 heavy (non-hydrogen) atoms. The summed E-state index contributed by atoms with van der Waals surface area (Å²) in [5.74, 6) is -0.0798. The number of hydrogen-bond acceptors (Lipinski definition) is 5. The number of nitriles is 1. The topological polar surface area (TPSA) is 80.1 Å². The molecule has 2 atom stereocenters. The number of hydrogen-bond donors (Lipinski definition) is 2. The molecule has 7 heteroatoms. The minimum Gasteiger partial charge on any atom is -0.386 e.